The average Bonchev–Trinajstić information content (AvgIpc) is 3.26. The standard InChI is InChI=1S/C20H24ClN3O5/c1-20(2,3)29-18(25)23-7-4-14(5-8-23)24-19(26)28-17(22-24)15-11-13(21)10-12-6-9-27-16(12)15/h10-11,14H,4-9H2,1-3H3. The number of carbonyl (C=O) groups is 1. The Balaban J connectivity index is 1.51. The van der Waals surface area contributed by atoms with Crippen molar-refractivity contribution in [3.8, 4) is 17.2 Å². The van der Waals surface area contributed by atoms with Gasteiger partial charge in [-0.25, -0.2) is 9.59 Å². The quantitative estimate of drug-likeness (QED) is 0.735. The Bertz CT molecular complexity index is 983. The van der Waals surface area contributed by atoms with Crippen molar-refractivity contribution in [3.63, 3.8) is 0 Å². The van der Waals surface area contributed by atoms with Gasteiger partial charge in [-0.1, -0.05) is 11.6 Å². The third-order valence-electron chi connectivity index (χ3n) is 5.01. The molecule has 0 spiro atoms. The topological polar surface area (TPSA) is 86.8 Å². The van der Waals surface area contributed by atoms with Crippen LogP contribution in [0.25, 0.3) is 11.5 Å². The van der Waals surface area contributed by atoms with Crippen molar-refractivity contribution in [2.45, 2.75) is 51.7 Å². The van der Waals surface area contributed by atoms with E-state index >= 15 is 0 Å². The summed E-state index contributed by atoms with van der Waals surface area (Å²) in [6.45, 7) is 7.06. The number of fused-ring (bicyclic) bond motifs is 1. The summed E-state index contributed by atoms with van der Waals surface area (Å²) in [7, 11) is 0. The number of likely N-dealkylation sites (tertiary alicyclic amines) is 1. The van der Waals surface area contributed by atoms with Gasteiger partial charge in [-0.15, -0.1) is 5.10 Å². The number of benzene rings is 1. The van der Waals surface area contributed by atoms with E-state index in [-0.39, 0.29) is 18.0 Å². The van der Waals surface area contributed by atoms with Crippen LogP contribution in [-0.2, 0) is 11.2 Å². The lowest BCUT2D eigenvalue weighted by molar-refractivity contribution is 0.0183. The van der Waals surface area contributed by atoms with Gasteiger partial charge in [-0.05, 0) is 51.3 Å². The third kappa shape index (κ3) is 4.12. The molecule has 0 unspecified atom stereocenters. The lowest BCUT2D eigenvalue weighted by atomic mass is 10.1. The minimum absolute atomic E-state index is 0.146. The highest BCUT2D eigenvalue weighted by atomic mass is 35.5. The van der Waals surface area contributed by atoms with Gasteiger partial charge in [0.05, 0.1) is 18.2 Å². The van der Waals surface area contributed by atoms with Crippen molar-refractivity contribution in [1.29, 1.82) is 0 Å². The van der Waals surface area contributed by atoms with E-state index in [0.717, 1.165) is 12.0 Å². The summed E-state index contributed by atoms with van der Waals surface area (Å²) in [4.78, 5) is 26.3. The van der Waals surface area contributed by atoms with Gasteiger partial charge < -0.3 is 18.8 Å². The van der Waals surface area contributed by atoms with Crippen LogP contribution in [0.3, 0.4) is 0 Å². The first-order valence-electron chi connectivity index (χ1n) is 9.74. The molecule has 8 nitrogen and oxygen atoms in total. The number of ether oxygens (including phenoxy) is 2. The molecule has 0 saturated carbocycles. The molecule has 0 atom stereocenters. The Hall–Kier alpha value is -2.48. The number of carbonyl (C=O) groups excluding carboxylic acids is 1. The summed E-state index contributed by atoms with van der Waals surface area (Å²) in [6.07, 6.45) is 1.61. The minimum Gasteiger partial charge on any atom is -0.492 e. The number of amides is 1. The maximum Gasteiger partial charge on any atom is 0.437 e. The van der Waals surface area contributed by atoms with E-state index in [2.05, 4.69) is 5.10 Å². The Morgan fingerprint density at radius 3 is 2.69 bits per heavy atom. The van der Waals surface area contributed by atoms with Gasteiger partial charge in [0.2, 0.25) is 0 Å². The number of hydrogen-bond donors (Lipinski definition) is 0. The van der Waals surface area contributed by atoms with Crippen LogP contribution in [0.1, 0.15) is 45.2 Å². The van der Waals surface area contributed by atoms with E-state index in [0.29, 0.717) is 48.9 Å². The third-order valence-corrected chi connectivity index (χ3v) is 5.23. The molecule has 156 valence electrons. The van der Waals surface area contributed by atoms with Crippen molar-refractivity contribution in [2.24, 2.45) is 0 Å². The Labute approximate surface area is 173 Å². The summed E-state index contributed by atoms with van der Waals surface area (Å²) in [5.41, 5.74) is 1.04. The molecule has 1 saturated heterocycles. The number of piperidine rings is 1. The van der Waals surface area contributed by atoms with Crippen molar-refractivity contribution < 1.29 is 18.7 Å². The van der Waals surface area contributed by atoms with E-state index in [4.69, 9.17) is 25.5 Å². The highest BCUT2D eigenvalue weighted by Crippen LogP contribution is 2.38. The van der Waals surface area contributed by atoms with Gasteiger partial charge in [-0.2, -0.15) is 4.68 Å². The van der Waals surface area contributed by atoms with Crippen LogP contribution in [0.4, 0.5) is 4.79 Å². The fourth-order valence-corrected chi connectivity index (χ4v) is 3.92. The smallest absolute Gasteiger partial charge is 0.437 e. The second-order valence-corrected chi connectivity index (χ2v) is 8.79. The molecule has 2 aliphatic heterocycles. The molecule has 29 heavy (non-hydrogen) atoms. The van der Waals surface area contributed by atoms with Gasteiger partial charge in [0.15, 0.2) is 0 Å². The number of aromatic nitrogens is 2. The molecule has 1 fully saturated rings. The largest absolute Gasteiger partial charge is 0.492 e. The van der Waals surface area contributed by atoms with Gasteiger partial charge in [0.25, 0.3) is 5.89 Å². The van der Waals surface area contributed by atoms with Gasteiger partial charge >= 0.3 is 11.8 Å². The van der Waals surface area contributed by atoms with Crippen LogP contribution in [0, 0.1) is 0 Å². The number of rotatable bonds is 2. The van der Waals surface area contributed by atoms with Gasteiger partial charge in [0, 0.05) is 24.5 Å². The van der Waals surface area contributed by atoms with Gasteiger partial charge in [0.1, 0.15) is 11.4 Å². The lowest BCUT2D eigenvalue weighted by Crippen LogP contribution is -2.43. The summed E-state index contributed by atoms with van der Waals surface area (Å²) < 4.78 is 17.9. The molecule has 1 amide bonds. The fourth-order valence-electron chi connectivity index (χ4n) is 3.68. The van der Waals surface area contributed by atoms with Crippen LogP contribution in [0.15, 0.2) is 21.3 Å². The maximum absolute atomic E-state index is 12.5. The first-order chi connectivity index (χ1) is 13.7. The van der Waals surface area contributed by atoms with Crippen LogP contribution >= 0.6 is 11.6 Å². The van der Waals surface area contributed by atoms with E-state index in [9.17, 15) is 9.59 Å². The number of halogens is 1. The molecule has 3 heterocycles. The average molecular weight is 422 g/mol. The predicted octanol–water partition coefficient (Wildman–Crippen LogP) is 3.66. The highest BCUT2D eigenvalue weighted by molar-refractivity contribution is 6.31. The Morgan fingerprint density at radius 2 is 2.00 bits per heavy atom. The van der Waals surface area contributed by atoms with Crippen LogP contribution in [0.2, 0.25) is 5.02 Å². The molecule has 0 radical (unpaired) electrons. The molecular weight excluding hydrogens is 398 g/mol. The lowest BCUT2D eigenvalue weighted by Gasteiger charge is -2.32. The molecule has 0 N–H and O–H groups in total. The van der Waals surface area contributed by atoms with E-state index in [1.165, 1.54) is 4.68 Å². The second-order valence-electron chi connectivity index (χ2n) is 8.36. The number of nitrogens with zero attached hydrogens (tertiary/aromatic N) is 3. The van der Waals surface area contributed by atoms with Crippen LogP contribution in [0.5, 0.6) is 5.75 Å². The minimum atomic E-state index is -0.537. The summed E-state index contributed by atoms with van der Waals surface area (Å²) >= 11 is 6.21. The first kappa shape index (κ1) is 19.8. The van der Waals surface area contributed by atoms with Crippen molar-refractivity contribution in [2.75, 3.05) is 19.7 Å². The summed E-state index contributed by atoms with van der Waals surface area (Å²) in [6, 6.07) is 3.41. The Morgan fingerprint density at radius 1 is 1.28 bits per heavy atom. The molecule has 0 bridgehead atoms. The molecule has 9 heteroatoms. The number of hydrogen-bond acceptors (Lipinski definition) is 6. The zero-order chi connectivity index (χ0) is 20.8. The molecule has 2 aromatic rings. The SMILES string of the molecule is CC(C)(C)OC(=O)N1CCC(n2nc(-c3cc(Cl)cc4c3OCC4)oc2=O)CC1. The van der Waals surface area contributed by atoms with E-state index in [1.54, 1.807) is 11.0 Å². The van der Waals surface area contributed by atoms with E-state index in [1.807, 2.05) is 26.8 Å². The summed E-state index contributed by atoms with van der Waals surface area (Å²) in [5.74, 6) is 0.343. The normalized spacial score (nSPS) is 17.2. The van der Waals surface area contributed by atoms with Crippen molar-refractivity contribution in [1.82, 2.24) is 14.7 Å². The fraction of sp³-hybridized carbons (Fsp3) is 0.550. The highest BCUT2D eigenvalue weighted by Gasteiger charge is 2.30. The zero-order valence-electron chi connectivity index (χ0n) is 16.7. The van der Waals surface area contributed by atoms with Crippen LogP contribution < -0.4 is 10.5 Å². The Kier molecular flexibility index (Phi) is 5.06. The zero-order valence-corrected chi connectivity index (χ0v) is 17.5. The molecule has 2 aliphatic rings. The molecule has 1 aromatic carbocycles. The van der Waals surface area contributed by atoms with E-state index < -0.39 is 11.4 Å². The van der Waals surface area contributed by atoms with Crippen molar-refractivity contribution >= 4 is 17.7 Å². The van der Waals surface area contributed by atoms with Crippen molar-refractivity contribution in [3.05, 3.63) is 33.3 Å². The predicted molar refractivity (Wildman–Crippen MR) is 106 cm³/mol. The molecule has 0 aliphatic carbocycles. The molecule has 1 aromatic heterocycles. The first-order valence-corrected chi connectivity index (χ1v) is 10.1. The molecule has 4 rings (SSSR count). The molecular formula is C20H24ClN3O5. The second kappa shape index (κ2) is 7.40. The van der Waals surface area contributed by atoms with Gasteiger partial charge in [-0.3, -0.25) is 0 Å². The monoisotopic (exact) mass is 421 g/mol. The maximum atomic E-state index is 12.5. The summed E-state index contributed by atoms with van der Waals surface area (Å²) in [5, 5.41) is 4.96. The van der Waals surface area contributed by atoms with Crippen LogP contribution in [-0.4, -0.2) is 46.1 Å².